The summed E-state index contributed by atoms with van der Waals surface area (Å²) in [6, 6.07) is 12.9. The topological polar surface area (TPSA) is 30.2 Å². The molecule has 0 unspecified atom stereocenters. The van der Waals surface area contributed by atoms with Crippen LogP contribution in [0.2, 0.25) is 5.02 Å². The third kappa shape index (κ3) is 3.09. The minimum Gasteiger partial charge on any atom is -0.460 e. The number of halogens is 2. The number of furan rings is 1. The summed E-state index contributed by atoms with van der Waals surface area (Å²) < 4.78 is 6.35. The molecule has 0 N–H and O–H groups in total. The fourth-order valence-corrected chi connectivity index (χ4v) is 2.54. The van der Waals surface area contributed by atoms with Crippen molar-refractivity contribution in [3.63, 3.8) is 0 Å². The van der Waals surface area contributed by atoms with Crippen molar-refractivity contribution in [2.75, 3.05) is 0 Å². The number of carbonyl (C=O) groups excluding carboxylic acids is 1. The summed E-state index contributed by atoms with van der Waals surface area (Å²) in [4.78, 5) is 12.2. The lowest BCUT2D eigenvalue weighted by Crippen LogP contribution is -1.91. The lowest BCUT2D eigenvalue weighted by Gasteiger charge is -1.95. The van der Waals surface area contributed by atoms with Gasteiger partial charge in [0, 0.05) is 20.3 Å². The number of hydrogen-bond acceptors (Lipinski definition) is 2. The van der Waals surface area contributed by atoms with Crippen molar-refractivity contribution in [1.82, 2.24) is 0 Å². The van der Waals surface area contributed by atoms with Gasteiger partial charge >= 0.3 is 0 Å². The van der Waals surface area contributed by atoms with Crippen LogP contribution in [0, 0.1) is 0 Å². The van der Waals surface area contributed by atoms with E-state index in [1.807, 2.05) is 30.3 Å². The zero-order chi connectivity index (χ0) is 14.8. The van der Waals surface area contributed by atoms with Gasteiger partial charge in [-0.05, 0) is 42.0 Å². The number of fused-ring (bicyclic) bond motifs is 1. The van der Waals surface area contributed by atoms with Gasteiger partial charge < -0.3 is 4.42 Å². The van der Waals surface area contributed by atoms with Gasteiger partial charge in [0.1, 0.15) is 0 Å². The summed E-state index contributed by atoms with van der Waals surface area (Å²) in [5.41, 5.74) is 0.909. The zero-order valence-corrected chi connectivity index (χ0v) is 13.2. The molecule has 2 nitrogen and oxygen atoms in total. The number of carbonyl (C=O) groups is 1. The third-order valence-electron chi connectivity index (χ3n) is 3.08. The average molecular weight is 362 g/mol. The van der Waals surface area contributed by atoms with Gasteiger partial charge in [0.05, 0.1) is 6.26 Å². The summed E-state index contributed by atoms with van der Waals surface area (Å²) in [6.07, 6.45) is 4.83. The molecule has 0 aliphatic carbocycles. The molecule has 0 atom stereocenters. The Labute approximate surface area is 135 Å². The van der Waals surface area contributed by atoms with E-state index >= 15 is 0 Å². The predicted molar refractivity (Wildman–Crippen MR) is 88.7 cm³/mol. The molecule has 3 rings (SSSR count). The van der Waals surface area contributed by atoms with Crippen molar-refractivity contribution in [2.24, 2.45) is 0 Å². The molecule has 21 heavy (non-hydrogen) atoms. The smallest absolute Gasteiger partial charge is 0.221 e. The Morgan fingerprint density at radius 2 is 1.90 bits per heavy atom. The Bertz CT molecular complexity index is 832. The SMILES string of the molecule is O=C(C=Cc1ccc(Cl)cc1)c1occ2cc(Br)ccc12. The van der Waals surface area contributed by atoms with Crippen LogP contribution in [0.1, 0.15) is 16.1 Å². The lowest BCUT2D eigenvalue weighted by atomic mass is 10.1. The van der Waals surface area contributed by atoms with Crippen LogP contribution in [0.25, 0.3) is 16.8 Å². The normalized spacial score (nSPS) is 11.3. The van der Waals surface area contributed by atoms with Crippen LogP contribution < -0.4 is 0 Å². The maximum absolute atomic E-state index is 12.2. The first kappa shape index (κ1) is 14.1. The maximum Gasteiger partial charge on any atom is 0.221 e. The lowest BCUT2D eigenvalue weighted by molar-refractivity contribution is 0.102. The fraction of sp³-hybridized carbons (Fsp3) is 0. The van der Waals surface area contributed by atoms with E-state index in [2.05, 4.69) is 15.9 Å². The van der Waals surface area contributed by atoms with Crippen LogP contribution in [0.5, 0.6) is 0 Å². The summed E-state index contributed by atoms with van der Waals surface area (Å²) in [5.74, 6) is 0.185. The van der Waals surface area contributed by atoms with Crippen molar-refractivity contribution in [3.8, 4) is 0 Å². The van der Waals surface area contributed by atoms with Gasteiger partial charge in [0.25, 0.3) is 0 Å². The number of hydrogen-bond donors (Lipinski definition) is 0. The Kier molecular flexibility index (Phi) is 3.95. The van der Waals surface area contributed by atoms with E-state index in [9.17, 15) is 4.79 Å². The Morgan fingerprint density at radius 1 is 1.14 bits per heavy atom. The van der Waals surface area contributed by atoms with Crippen molar-refractivity contribution in [1.29, 1.82) is 0 Å². The van der Waals surface area contributed by atoms with Crippen LogP contribution >= 0.6 is 27.5 Å². The molecule has 2 aromatic carbocycles. The zero-order valence-electron chi connectivity index (χ0n) is 10.8. The largest absolute Gasteiger partial charge is 0.460 e. The molecule has 0 saturated heterocycles. The van der Waals surface area contributed by atoms with Gasteiger partial charge in [0.2, 0.25) is 5.78 Å². The molecule has 0 bridgehead atoms. The quantitative estimate of drug-likeness (QED) is 0.439. The fourth-order valence-electron chi connectivity index (χ4n) is 2.04. The van der Waals surface area contributed by atoms with Crippen LogP contribution in [-0.2, 0) is 0 Å². The van der Waals surface area contributed by atoms with E-state index in [-0.39, 0.29) is 5.78 Å². The van der Waals surface area contributed by atoms with Crippen molar-refractivity contribution < 1.29 is 9.21 Å². The van der Waals surface area contributed by atoms with Gasteiger partial charge in [0.15, 0.2) is 5.76 Å². The summed E-state index contributed by atoms with van der Waals surface area (Å²) >= 11 is 9.22. The molecular weight excluding hydrogens is 352 g/mol. The third-order valence-corrected chi connectivity index (χ3v) is 3.83. The molecule has 1 aromatic heterocycles. The molecule has 4 heteroatoms. The van der Waals surface area contributed by atoms with Gasteiger partial charge in [-0.2, -0.15) is 0 Å². The van der Waals surface area contributed by atoms with Gasteiger partial charge in [-0.15, -0.1) is 0 Å². The summed E-state index contributed by atoms with van der Waals surface area (Å²) in [6.45, 7) is 0. The highest BCUT2D eigenvalue weighted by atomic mass is 79.9. The standard InChI is InChI=1S/C17H10BrClO2/c18-13-4-7-15-12(9-13)10-21-17(15)16(20)8-3-11-1-5-14(19)6-2-11/h1-10H. The molecule has 0 amide bonds. The van der Waals surface area contributed by atoms with Crippen LogP contribution in [0.3, 0.4) is 0 Å². The molecular formula is C17H10BrClO2. The van der Waals surface area contributed by atoms with Crippen LogP contribution in [0.4, 0.5) is 0 Å². The van der Waals surface area contributed by atoms with Crippen molar-refractivity contribution in [2.45, 2.75) is 0 Å². The molecule has 0 spiro atoms. The van der Waals surface area contributed by atoms with E-state index in [1.54, 1.807) is 24.5 Å². The van der Waals surface area contributed by atoms with Crippen molar-refractivity contribution in [3.05, 3.63) is 75.6 Å². The highest BCUT2D eigenvalue weighted by Crippen LogP contribution is 2.25. The van der Waals surface area contributed by atoms with Crippen molar-refractivity contribution >= 4 is 50.2 Å². The summed E-state index contributed by atoms with van der Waals surface area (Å²) in [5, 5.41) is 2.37. The highest BCUT2D eigenvalue weighted by Gasteiger charge is 2.12. The van der Waals surface area contributed by atoms with E-state index in [0.29, 0.717) is 10.8 Å². The molecule has 104 valence electrons. The number of benzene rings is 2. The molecule has 0 saturated carbocycles. The second kappa shape index (κ2) is 5.88. The highest BCUT2D eigenvalue weighted by molar-refractivity contribution is 9.10. The Hall–Kier alpha value is -1.84. The van der Waals surface area contributed by atoms with E-state index in [0.717, 1.165) is 20.8 Å². The van der Waals surface area contributed by atoms with E-state index in [4.69, 9.17) is 16.0 Å². The predicted octanol–water partition coefficient (Wildman–Crippen LogP) is 5.74. The first-order chi connectivity index (χ1) is 10.1. The van der Waals surface area contributed by atoms with E-state index < -0.39 is 0 Å². The maximum atomic E-state index is 12.2. The minimum atomic E-state index is -0.165. The molecule has 1 heterocycles. The molecule has 0 aliphatic rings. The average Bonchev–Trinajstić information content (AvgIpc) is 2.89. The first-order valence-electron chi connectivity index (χ1n) is 6.28. The monoisotopic (exact) mass is 360 g/mol. The molecule has 0 radical (unpaired) electrons. The second-order valence-corrected chi connectivity index (χ2v) is 5.90. The van der Waals surface area contributed by atoms with E-state index in [1.165, 1.54) is 6.08 Å². The van der Waals surface area contributed by atoms with Gasteiger partial charge in [-0.25, -0.2) is 0 Å². The molecule has 3 aromatic rings. The number of allylic oxidation sites excluding steroid dienone is 1. The Balaban J connectivity index is 1.88. The minimum absolute atomic E-state index is 0.165. The molecule has 0 aliphatic heterocycles. The Morgan fingerprint density at radius 3 is 2.67 bits per heavy atom. The summed E-state index contributed by atoms with van der Waals surface area (Å²) in [7, 11) is 0. The van der Waals surface area contributed by atoms with Crippen LogP contribution in [-0.4, -0.2) is 5.78 Å². The van der Waals surface area contributed by atoms with Gasteiger partial charge in [-0.3, -0.25) is 4.79 Å². The second-order valence-electron chi connectivity index (χ2n) is 4.55. The number of rotatable bonds is 3. The molecule has 0 fully saturated rings. The first-order valence-corrected chi connectivity index (χ1v) is 7.45. The van der Waals surface area contributed by atoms with Gasteiger partial charge in [-0.1, -0.05) is 45.7 Å². The van der Waals surface area contributed by atoms with Crippen LogP contribution in [0.15, 0.2) is 63.7 Å². The number of ketones is 1.